The fourth-order valence-electron chi connectivity index (χ4n) is 1.66. The Kier molecular flexibility index (Phi) is 30.2. The van der Waals surface area contributed by atoms with Crippen LogP contribution in [0.15, 0.2) is 0 Å². The molecule has 0 atom stereocenters. The molecule has 88 valence electrons. The normalized spacial score (nSPS) is 9.20. The summed E-state index contributed by atoms with van der Waals surface area (Å²) < 4.78 is 0. The molecule has 0 heterocycles. The molecule has 0 nitrogen and oxygen atoms in total. The summed E-state index contributed by atoms with van der Waals surface area (Å²) in [5, 5.41) is 0. The molecule has 0 aromatic rings. The van der Waals surface area contributed by atoms with Gasteiger partial charge in [0.25, 0.3) is 0 Å². The molecule has 0 spiro atoms. The van der Waals surface area contributed by atoms with E-state index < -0.39 is 0 Å². The zero-order chi connectivity index (χ0) is 9.78. The molecule has 0 aliphatic rings. The van der Waals surface area contributed by atoms with Crippen molar-refractivity contribution in [3.05, 3.63) is 6.92 Å². The van der Waals surface area contributed by atoms with Gasteiger partial charge in [0.15, 0.2) is 0 Å². The maximum absolute atomic E-state index is 3.85. The van der Waals surface area contributed by atoms with Gasteiger partial charge in [-0.3, -0.25) is 0 Å². The summed E-state index contributed by atoms with van der Waals surface area (Å²) in [5.74, 6) is 0. The molecule has 0 saturated heterocycles. The average molecular weight is 335 g/mol. The quantitative estimate of drug-likeness (QED) is 0.247. The van der Waals surface area contributed by atoms with Gasteiger partial charge in [-0.25, -0.2) is 0 Å². The topological polar surface area (TPSA) is 0 Å². The molecule has 0 fully saturated rings. The van der Waals surface area contributed by atoms with Crippen LogP contribution in [0, 0.1) is 6.92 Å². The minimum Gasteiger partial charge on any atom is -1.00 e. The van der Waals surface area contributed by atoms with Crippen LogP contribution in [0.25, 0.3) is 0 Å². The molecule has 0 amide bonds. The van der Waals surface area contributed by atoms with Crippen molar-refractivity contribution < 1.29 is 24.0 Å². The molecule has 0 unspecified atom stereocenters. The Bertz CT molecular complexity index is 76.6. The zero-order valence-electron chi connectivity index (χ0n) is 10.6. The molecule has 2 heteroatoms. The van der Waals surface area contributed by atoms with Crippen LogP contribution >= 0.6 is 0 Å². The van der Waals surface area contributed by atoms with E-state index in [9.17, 15) is 0 Å². The Morgan fingerprint density at radius 3 is 1.33 bits per heavy atom. The summed E-state index contributed by atoms with van der Waals surface area (Å²) in [6.07, 6.45) is 15.4. The summed E-state index contributed by atoms with van der Waals surface area (Å²) in [7, 11) is 0. The first-order valence-electron chi connectivity index (χ1n) is 6.21. The SMILES string of the molecule is [CH2-]CCCCCCCCCCCC.[I-].[Mg+2]. The van der Waals surface area contributed by atoms with Crippen molar-refractivity contribution in [1.29, 1.82) is 0 Å². The Balaban J connectivity index is -0.000000720. The van der Waals surface area contributed by atoms with Gasteiger partial charge < -0.3 is 30.9 Å². The summed E-state index contributed by atoms with van der Waals surface area (Å²) >= 11 is 0. The van der Waals surface area contributed by atoms with Gasteiger partial charge in [-0.1, -0.05) is 71.1 Å². The fraction of sp³-hybridized carbons (Fsp3) is 0.923. The minimum absolute atomic E-state index is 0. The summed E-state index contributed by atoms with van der Waals surface area (Å²) in [6.45, 7) is 6.13. The predicted molar refractivity (Wildman–Crippen MR) is 67.6 cm³/mol. The van der Waals surface area contributed by atoms with E-state index in [2.05, 4.69) is 13.8 Å². The monoisotopic (exact) mass is 334 g/mol. The van der Waals surface area contributed by atoms with E-state index in [1.54, 1.807) is 0 Å². The molecule has 15 heavy (non-hydrogen) atoms. The Morgan fingerprint density at radius 1 is 0.667 bits per heavy atom. The summed E-state index contributed by atoms with van der Waals surface area (Å²) in [4.78, 5) is 0. The van der Waals surface area contributed by atoms with Crippen LogP contribution in [0.4, 0.5) is 0 Å². The van der Waals surface area contributed by atoms with Crippen molar-refractivity contribution in [3.63, 3.8) is 0 Å². The maximum Gasteiger partial charge on any atom is 2.00 e. The number of halogens is 1. The van der Waals surface area contributed by atoms with Crippen molar-refractivity contribution in [2.75, 3.05) is 0 Å². The zero-order valence-corrected chi connectivity index (χ0v) is 14.1. The molecule has 0 aromatic heterocycles. The van der Waals surface area contributed by atoms with Crippen LogP contribution in [-0.2, 0) is 0 Å². The van der Waals surface area contributed by atoms with Crippen LogP contribution in [0.1, 0.15) is 77.6 Å². The molecule has 0 bridgehead atoms. The van der Waals surface area contributed by atoms with E-state index in [1.165, 1.54) is 64.2 Å². The standard InChI is InChI=1S/C13H27.HI.Mg/c1-3-5-7-9-11-13-12-10-8-6-4-2;;/h1,3-13H2,2H3;1H;/q-1;;+2/p-1. The van der Waals surface area contributed by atoms with Crippen molar-refractivity contribution in [1.82, 2.24) is 0 Å². The van der Waals surface area contributed by atoms with Crippen LogP contribution in [0.3, 0.4) is 0 Å². The van der Waals surface area contributed by atoms with Gasteiger partial charge in [0.1, 0.15) is 0 Å². The average Bonchev–Trinajstić information content (AvgIpc) is 2.16. The Morgan fingerprint density at radius 2 is 1.00 bits per heavy atom. The molecule has 0 radical (unpaired) electrons. The molecule has 0 N–H and O–H groups in total. The van der Waals surface area contributed by atoms with E-state index in [4.69, 9.17) is 0 Å². The fourth-order valence-corrected chi connectivity index (χ4v) is 1.66. The summed E-state index contributed by atoms with van der Waals surface area (Å²) in [6, 6.07) is 0. The van der Waals surface area contributed by atoms with E-state index in [0.717, 1.165) is 6.42 Å². The largest absolute Gasteiger partial charge is 2.00 e. The van der Waals surface area contributed by atoms with E-state index in [-0.39, 0.29) is 47.0 Å². The number of hydrogen-bond donors (Lipinski definition) is 0. The van der Waals surface area contributed by atoms with Gasteiger partial charge in [0.05, 0.1) is 0 Å². The third-order valence-electron chi connectivity index (χ3n) is 2.60. The third-order valence-corrected chi connectivity index (χ3v) is 2.60. The van der Waals surface area contributed by atoms with E-state index in [1.807, 2.05) is 0 Å². The first-order chi connectivity index (χ1) is 6.41. The van der Waals surface area contributed by atoms with Crippen LogP contribution in [-0.4, -0.2) is 23.1 Å². The van der Waals surface area contributed by atoms with Gasteiger partial charge in [-0.05, 0) is 0 Å². The molecular weight excluding hydrogens is 307 g/mol. The van der Waals surface area contributed by atoms with Crippen LogP contribution in [0.2, 0.25) is 0 Å². The number of unbranched alkanes of at least 4 members (excludes halogenated alkanes) is 10. The second kappa shape index (κ2) is 20.9. The molecule has 0 aromatic carbocycles. The minimum atomic E-state index is 0. The second-order valence-corrected chi connectivity index (χ2v) is 4.04. The van der Waals surface area contributed by atoms with Crippen molar-refractivity contribution in [3.8, 4) is 0 Å². The van der Waals surface area contributed by atoms with Crippen molar-refractivity contribution >= 4 is 23.1 Å². The van der Waals surface area contributed by atoms with Gasteiger partial charge >= 0.3 is 23.1 Å². The number of rotatable bonds is 10. The molecular formula is C13H27IMg. The van der Waals surface area contributed by atoms with Gasteiger partial charge in [-0.15, -0.1) is 0 Å². The van der Waals surface area contributed by atoms with E-state index in [0.29, 0.717) is 0 Å². The molecule has 0 aliphatic heterocycles. The van der Waals surface area contributed by atoms with E-state index >= 15 is 0 Å². The molecule has 0 aliphatic carbocycles. The maximum atomic E-state index is 3.85. The second-order valence-electron chi connectivity index (χ2n) is 4.04. The first kappa shape index (κ1) is 21.7. The Labute approximate surface area is 131 Å². The smallest absolute Gasteiger partial charge is 1.00 e. The third kappa shape index (κ3) is 21.4. The predicted octanol–water partition coefficient (Wildman–Crippen LogP) is 1.75. The van der Waals surface area contributed by atoms with Gasteiger partial charge in [0.2, 0.25) is 0 Å². The van der Waals surface area contributed by atoms with Gasteiger partial charge in [-0.2, -0.15) is 6.42 Å². The molecule has 0 saturated carbocycles. The first-order valence-corrected chi connectivity index (χ1v) is 6.21. The van der Waals surface area contributed by atoms with Crippen molar-refractivity contribution in [2.24, 2.45) is 0 Å². The Hall–Kier alpha value is 1.50. The van der Waals surface area contributed by atoms with Crippen LogP contribution < -0.4 is 24.0 Å². The number of hydrogen-bond acceptors (Lipinski definition) is 0. The molecule has 0 rings (SSSR count). The van der Waals surface area contributed by atoms with Gasteiger partial charge in [0, 0.05) is 0 Å². The van der Waals surface area contributed by atoms with Crippen molar-refractivity contribution in [2.45, 2.75) is 77.6 Å². The summed E-state index contributed by atoms with van der Waals surface area (Å²) in [5.41, 5.74) is 0. The van der Waals surface area contributed by atoms with Crippen LogP contribution in [0.5, 0.6) is 0 Å².